The van der Waals surface area contributed by atoms with Crippen LogP contribution in [0.4, 0.5) is 14.5 Å². The maximum Gasteiger partial charge on any atom is 0.254 e. The summed E-state index contributed by atoms with van der Waals surface area (Å²) in [6.07, 6.45) is 0. The van der Waals surface area contributed by atoms with E-state index in [2.05, 4.69) is 4.99 Å². The van der Waals surface area contributed by atoms with Gasteiger partial charge in [0.05, 0.1) is 7.11 Å². The molecular formula is C17H12F2N2O4. The number of hydrogen-bond donors (Lipinski definition) is 2. The molecule has 3 aromatic rings. The molecule has 0 saturated carbocycles. The lowest BCUT2D eigenvalue weighted by Gasteiger charge is -2.06. The Morgan fingerprint density at radius 1 is 1.24 bits per heavy atom. The number of amides is 1. The van der Waals surface area contributed by atoms with Gasteiger partial charge in [0.15, 0.2) is 22.9 Å². The van der Waals surface area contributed by atoms with Crippen molar-refractivity contribution >= 4 is 22.6 Å². The molecule has 0 fully saturated rings. The van der Waals surface area contributed by atoms with E-state index in [-0.39, 0.29) is 16.7 Å². The third kappa shape index (κ3) is 2.89. The number of hydrogen-bond acceptors (Lipinski definition) is 5. The summed E-state index contributed by atoms with van der Waals surface area (Å²) < 4.78 is 38.2. The molecule has 1 aromatic heterocycles. The first-order valence-electron chi connectivity index (χ1n) is 7.04. The van der Waals surface area contributed by atoms with Gasteiger partial charge in [-0.05, 0) is 24.3 Å². The van der Waals surface area contributed by atoms with Crippen LogP contribution in [0.5, 0.6) is 11.5 Å². The molecule has 0 spiro atoms. The number of para-hydroxylation sites is 1. The van der Waals surface area contributed by atoms with Crippen LogP contribution in [-0.4, -0.2) is 18.1 Å². The standard InChI is InChI=1S/C17H12F2N2O4/c1-24-12-4-2-3-8-7-9(16(20)23)17(25-15(8)12)21-10-5-6-11(22)14(19)13(10)18/h2-7,22H,1H3,(H2,20,23). The number of primary amides is 1. The number of methoxy groups -OCH3 is 1. The molecular weight excluding hydrogens is 334 g/mol. The van der Waals surface area contributed by atoms with Gasteiger partial charge in [0.1, 0.15) is 11.3 Å². The fourth-order valence-corrected chi connectivity index (χ4v) is 2.27. The van der Waals surface area contributed by atoms with Gasteiger partial charge >= 0.3 is 0 Å². The molecule has 1 amide bonds. The summed E-state index contributed by atoms with van der Waals surface area (Å²) in [5.74, 6) is -4.19. The van der Waals surface area contributed by atoms with Crippen molar-refractivity contribution in [3.05, 3.63) is 59.2 Å². The fraction of sp³-hybridized carbons (Fsp3) is 0.0588. The number of nitrogens with zero attached hydrogens (tertiary/aromatic N) is 1. The summed E-state index contributed by atoms with van der Waals surface area (Å²) in [4.78, 5) is 15.5. The molecule has 1 heterocycles. The van der Waals surface area contributed by atoms with Crippen LogP contribution in [0.2, 0.25) is 0 Å². The number of benzene rings is 2. The molecule has 3 rings (SSSR count). The van der Waals surface area contributed by atoms with Crippen molar-refractivity contribution in [2.24, 2.45) is 10.7 Å². The molecule has 0 saturated heterocycles. The van der Waals surface area contributed by atoms with Crippen LogP contribution in [0, 0.1) is 11.6 Å². The number of halogens is 2. The first-order chi connectivity index (χ1) is 11.9. The largest absolute Gasteiger partial charge is 0.505 e. The monoisotopic (exact) mass is 346 g/mol. The summed E-state index contributed by atoms with van der Waals surface area (Å²) in [7, 11) is 1.43. The molecule has 8 heteroatoms. The van der Waals surface area contributed by atoms with E-state index in [1.807, 2.05) is 0 Å². The predicted octanol–water partition coefficient (Wildman–Crippen LogP) is 2.76. The van der Waals surface area contributed by atoms with Crippen molar-refractivity contribution in [3.8, 4) is 11.5 Å². The van der Waals surface area contributed by atoms with Crippen LogP contribution >= 0.6 is 0 Å². The minimum absolute atomic E-state index is 0.117. The number of nitrogens with two attached hydrogens (primary N) is 1. The van der Waals surface area contributed by atoms with Crippen molar-refractivity contribution in [2.45, 2.75) is 0 Å². The van der Waals surface area contributed by atoms with E-state index in [4.69, 9.17) is 14.9 Å². The molecule has 0 radical (unpaired) electrons. The second-order valence-corrected chi connectivity index (χ2v) is 5.05. The first-order valence-corrected chi connectivity index (χ1v) is 7.04. The number of carbonyl (C=O) groups is 1. The lowest BCUT2D eigenvalue weighted by Crippen LogP contribution is -2.21. The Kier molecular flexibility index (Phi) is 4.10. The number of fused-ring (bicyclic) bond motifs is 1. The number of ether oxygens (including phenoxy) is 1. The molecule has 128 valence electrons. The van der Waals surface area contributed by atoms with E-state index in [1.165, 1.54) is 13.2 Å². The highest BCUT2D eigenvalue weighted by Gasteiger charge is 2.15. The summed E-state index contributed by atoms with van der Waals surface area (Å²) in [5, 5.41) is 9.69. The summed E-state index contributed by atoms with van der Waals surface area (Å²) in [5.41, 5.74) is 4.69. The number of aromatic hydroxyl groups is 1. The Balaban J connectivity index is 2.36. The Labute approximate surface area is 139 Å². The highest BCUT2D eigenvalue weighted by molar-refractivity contribution is 5.96. The zero-order valence-corrected chi connectivity index (χ0v) is 12.9. The van der Waals surface area contributed by atoms with Gasteiger partial charge in [-0.3, -0.25) is 4.79 Å². The summed E-state index contributed by atoms with van der Waals surface area (Å²) >= 11 is 0. The molecule has 3 N–H and O–H groups in total. The summed E-state index contributed by atoms with van der Waals surface area (Å²) in [6, 6.07) is 8.37. The van der Waals surface area contributed by atoms with Gasteiger partial charge in [-0.15, -0.1) is 0 Å². The molecule has 0 atom stereocenters. The molecule has 0 aliphatic heterocycles. The highest BCUT2D eigenvalue weighted by Crippen LogP contribution is 2.28. The molecule has 2 aromatic carbocycles. The zero-order valence-electron chi connectivity index (χ0n) is 12.9. The topological polar surface area (TPSA) is 98.1 Å². The predicted molar refractivity (Wildman–Crippen MR) is 84.5 cm³/mol. The fourth-order valence-electron chi connectivity index (χ4n) is 2.27. The summed E-state index contributed by atoms with van der Waals surface area (Å²) in [6.45, 7) is 0. The minimum Gasteiger partial charge on any atom is -0.505 e. The SMILES string of the molecule is COc1cccc2cc(C(N)=O)c(=Nc3ccc(O)c(F)c3F)oc12. The minimum atomic E-state index is -1.46. The molecule has 0 aliphatic carbocycles. The first kappa shape index (κ1) is 16.4. The van der Waals surface area contributed by atoms with Crippen molar-refractivity contribution < 1.29 is 27.8 Å². The van der Waals surface area contributed by atoms with Crippen molar-refractivity contribution in [3.63, 3.8) is 0 Å². The van der Waals surface area contributed by atoms with E-state index < -0.39 is 29.0 Å². The van der Waals surface area contributed by atoms with E-state index in [0.29, 0.717) is 11.1 Å². The Morgan fingerprint density at radius 3 is 2.68 bits per heavy atom. The number of phenols is 1. The highest BCUT2D eigenvalue weighted by atomic mass is 19.2. The van der Waals surface area contributed by atoms with E-state index in [1.54, 1.807) is 18.2 Å². The molecule has 0 bridgehead atoms. The Morgan fingerprint density at radius 2 is 2.00 bits per heavy atom. The third-order valence-electron chi connectivity index (χ3n) is 3.49. The smallest absolute Gasteiger partial charge is 0.254 e. The van der Waals surface area contributed by atoms with Gasteiger partial charge in [-0.2, -0.15) is 4.39 Å². The van der Waals surface area contributed by atoms with Gasteiger partial charge in [0.2, 0.25) is 11.4 Å². The molecule has 0 unspecified atom stereocenters. The lowest BCUT2D eigenvalue weighted by molar-refractivity contribution is 0.0996. The van der Waals surface area contributed by atoms with Crippen molar-refractivity contribution in [1.29, 1.82) is 0 Å². The van der Waals surface area contributed by atoms with Crippen LogP contribution in [0.1, 0.15) is 10.4 Å². The quantitative estimate of drug-likeness (QED) is 0.762. The Hall–Kier alpha value is -3.42. The van der Waals surface area contributed by atoms with E-state index in [0.717, 1.165) is 12.1 Å². The van der Waals surface area contributed by atoms with Crippen LogP contribution in [-0.2, 0) is 0 Å². The van der Waals surface area contributed by atoms with E-state index in [9.17, 15) is 18.7 Å². The molecule has 6 nitrogen and oxygen atoms in total. The lowest BCUT2D eigenvalue weighted by atomic mass is 10.1. The van der Waals surface area contributed by atoms with Gasteiger partial charge in [0.25, 0.3) is 5.91 Å². The average molecular weight is 346 g/mol. The van der Waals surface area contributed by atoms with Gasteiger partial charge in [0, 0.05) is 5.39 Å². The van der Waals surface area contributed by atoms with Crippen LogP contribution in [0.15, 0.2) is 45.8 Å². The molecule has 25 heavy (non-hydrogen) atoms. The van der Waals surface area contributed by atoms with Crippen LogP contribution in [0.25, 0.3) is 11.0 Å². The normalized spacial score (nSPS) is 11.7. The maximum atomic E-state index is 13.9. The Bertz CT molecular complexity index is 1060. The van der Waals surface area contributed by atoms with E-state index >= 15 is 0 Å². The second-order valence-electron chi connectivity index (χ2n) is 5.05. The van der Waals surface area contributed by atoms with Crippen LogP contribution in [0.3, 0.4) is 0 Å². The number of carbonyl (C=O) groups excluding carboxylic acids is 1. The van der Waals surface area contributed by atoms with Gasteiger partial charge < -0.3 is 20.0 Å². The maximum absolute atomic E-state index is 13.9. The van der Waals surface area contributed by atoms with Crippen molar-refractivity contribution in [1.82, 2.24) is 0 Å². The zero-order chi connectivity index (χ0) is 18.1. The van der Waals surface area contributed by atoms with Gasteiger partial charge in [-0.1, -0.05) is 12.1 Å². The van der Waals surface area contributed by atoms with Crippen molar-refractivity contribution in [2.75, 3.05) is 7.11 Å². The average Bonchev–Trinajstić information content (AvgIpc) is 2.61. The number of phenolic OH excluding ortho intramolecular Hbond substituents is 1. The second kappa shape index (κ2) is 6.23. The van der Waals surface area contributed by atoms with Crippen LogP contribution < -0.4 is 16.0 Å². The number of rotatable bonds is 3. The van der Waals surface area contributed by atoms with Gasteiger partial charge in [-0.25, -0.2) is 9.38 Å². The third-order valence-corrected chi connectivity index (χ3v) is 3.49. The molecule has 0 aliphatic rings.